The molecular weight excluding hydrogens is 236 g/mol. The molecule has 0 saturated carbocycles. The van der Waals surface area contributed by atoms with Crippen LogP contribution in [0.3, 0.4) is 0 Å². The summed E-state index contributed by atoms with van der Waals surface area (Å²) < 4.78 is 0. The van der Waals surface area contributed by atoms with Gasteiger partial charge in [0.05, 0.1) is 5.02 Å². The molecule has 1 aromatic carbocycles. The fourth-order valence-corrected chi connectivity index (χ4v) is 1.55. The fraction of sp³-hybridized carbons (Fsp3) is 0. The lowest BCUT2D eigenvalue weighted by atomic mass is 10.2. The summed E-state index contributed by atoms with van der Waals surface area (Å²) in [4.78, 5) is 14.5. The molecule has 2 rings (SSSR count). The number of carbonyl (C=O) groups excluding carboxylic acids is 1. The van der Waals surface area contributed by atoms with Crippen molar-refractivity contribution in [3.8, 4) is 12.3 Å². The van der Waals surface area contributed by atoms with Gasteiger partial charge in [0.1, 0.15) is 5.69 Å². The third kappa shape index (κ3) is 2.68. The molecule has 84 valence electrons. The molecule has 0 aliphatic carbocycles. The third-order valence-corrected chi connectivity index (χ3v) is 2.40. The molecule has 0 atom stereocenters. The number of halogens is 1. The summed E-state index contributed by atoms with van der Waals surface area (Å²) in [5.74, 6) is 2.25. The van der Waals surface area contributed by atoms with Crippen molar-refractivity contribution >= 4 is 23.2 Å². The summed E-state index contributed by atoms with van der Waals surface area (Å²) in [6.07, 6.45) is 6.83. The van der Waals surface area contributed by atoms with Gasteiger partial charge in [-0.25, -0.2) is 0 Å². The molecule has 2 aromatic rings. The van der Waals surface area contributed by atoms with Gasteiger partial charge in [-0.05, 0) is 24.3 Å². The first-order chi connectivity index (χ1) is 8.19. The highest BCUT2D eigenvalue weighted by Crippen LogP contribution is 2.13. The lowest BCUT2D eigenvalue weighted by molar-refractivity contribution is 0.102. The summed E-state index contributed by atoms with van der Waals surface area (Å²) in [6.45, 7) is 0. The Balaban J connectivity index is 2.16. The molecule has 17 heavy (non-hydrogen) atoms. The van der Waals surface area contributed by atoms with E-state index in [1.165, 1.54) is 0 Å². The number of benzene rings is 1. The first kappa shape index (κ1) is 11.3. The molecule has 1 amide bonds. The highest BCUT2D eigenvalue weighted by Gasteiger charge is 2.08. The minimum absolute atomic E-state index is 0.258. The molecule has 0 spiro atoms. The number of nitrogens with one attached hydrogen (secondary N) is 2. The van der Waals surface area contributed by atoms with Gasteiger partial charge < -0.3 is 10.3 Å². The van der Waals surface area contributed by atoms with E-state index in [-0.39, 0.29) is 5.91 Å². The van der Waals surface area contributed by atoms with Gasteiger partial charge in [0.2, 0.25) is 0 Å². The molecule has 1 aromatic heterocycles. The van der Waals surface area contributed by atoms with Crippen LogP contribution in [0.4, 0.5) is 5.69 Å². The Morgan fingerprint density at radius 3 is 2.88 bits per heavy atom. The molecule has 0 aliphatic heterocycles. The lowest BCUT2D eigenvalue weighted by Gasteiger charge is -2.03. The number of rotatable bonds is 2. The summed E-state index contributed by atoms with van der Waals surface area (Å²) in [7, 11) is 0. The Kier molecular flexibility index (Phi) is 3.17. The highest BCUT2D eigenvalue weighted by molar-refractivity contribution is 6.31. The van der Waals surface area contributed by atoms with Crippen LogP contribution >= 0.6 is 11.6 Å². The average Bonchev–Trinajstić information content (AvgIpc) is 2.76. The molecule has 0 radical (unpaired) electrons. The van der Waals surface area contributed by atoms with Gasteiger partial charge in [-0.3, -0.25) is 4.79 Å². The number of anilines is 1. The first-order valence-corrected chi connectivity index (χ1v) is 5.29. The summed E-state index contributed by atoms with van der Waals surface area (Å²) in [5, 5.41) is 3.21. The van der Waals surface area contributed by atoms with Crippen molar-refractivity contribution in [1.82, 2.24) is 4.98 Å². The number of aromatic amines is 1. The second-order valence-corrected chi connectivity index (χ2v) is 3.85. The number of hydrogen-bond donors (Lipinski definition) is 2. The van der Waals surface area contributed by atoms with Gasteiger partial charge in [0.15, 0.2) is 0 Å². The SMILES string of the molecule is C#Cc1cccc(NC(=O)c2cc(Cl)c[nH]2)c1. The lowest BCUT2D eigenvalue weighted by Crippen LogP contribution is -2.12. The van der Waals surface area contributed by atoms with Crippen LogP contribution in [0, 0.1) is 12.3 Å². The van der Waals surface area contributed by atoms with Crippen LogP contribution in [-0.4, -0.2) is 10.9 Å². The van der Waals surface area contributed by atoms with Crippen LogP contribution in [0.15, 0.2) is 36.5 Å². The topological polar surface area (TPSA) is 44.9 Å². The van der Waals surface area contributed by atoms with E-state index < -0.39 is 0 Å². The van der Waals surface area contributed by atoms with E-state index in [1.54, 1.807) is 36.5 Å². The van der Waals surface area contributed by atoms with Crippen LogP contribution < -0.4 is 5.32 Å². The van der Waals surface area contributed by atoms with E-state index in [1.807, 2.05) is 0 Å². The van der Waals surface area contributed by atoms with Crippen molar-refractivity contribution in [2.24, 2.45) is 0 Å². The van der Waals surface area contributed by atoms with Crippen molar-refractivity contribution in [3.63, 3.8) is 0 Å². The van der Waals surface area contributed by atoms with Crippen LogP contribution in [0.25, 0.3) is 0 Å². The van der Waals surface area contributed by atoms with Crippen molar-refractivity contribution in [2.45, 2.75) is 0 Å². The van der Waals surface area contributed by atoms with Gasteiger partial charge in [0.25, 0.3) is 5.91 Å². The Hall–Kier alpha value is -2.18. The largest absolute Gasteiger partial charge is 0.356 e. The zero-order valence-corrected chi connectivity index (χ0v) is 9.58. The van der Waals surface area contributed by atoms with E-state index in [4.69, 9.17) is 18.0 Å². The van der Waals surface area contributed by atoms with Crippen LogP contribution in [0.5, 0.6) is 0 Å². The summed E-state index contributed by atoms with van der Waals surface area (Å²) >= 11 is 5.72. The molecule has 4 heteroatoms. The van der Waals surface area contributed by atoms with E-state index in [0.717, 1.165) is 0 Å². The van der Waals surface area contributed by atoms with Crippen molar-refractivity contribution in [1.29, 1.82) is 0 Å². The number of terminal acetylenes is 1. The second-order valence-electron chi connectivity index (χ2n) is 3.41. The fourth-order valence-electron chi connectivity index (χ4n) is 1.38. The summed E-state index contributed by atoms with van der Waals surface area (Å²) in [6, 6.07) is 8.63. The third-order valence-electron chi connectivity index (χ3n) is 2.18. The van der Waals surface area contributed by atoms with Gasteiger partial charge in [0, 0.05) is 17.4 Å². The zero-order valence-electron chi connectivity index (χ0n) is 8.83. The smallest absolute Gasteiger partial charge is 0.272 e. The van der Waals surface area contributed by atoms with Crippen molar-refractivity contribution < 1.29 is 4.79 Å². The molecule has 1 heterocycles. The molecular formula is C13H9ClN2O. The number of amides is 1. The molecule has 0 fully saturated rings. The normalized spacial score (nSPS) is 9.65. The molecule has 0 unspecified atom stereocenters. The van der Waals surface area contributed by atoms with Crippen molar-refractivity contribution in [2.75, 3.05) is 5.32 Å². The molecule has 0 aliphatic rings. The monoisotopic (exact) mass is 244 g/mol. The van der Waals surface area contributed by atoms with Crippen LogP contribution in [0.1, 0.15) is 16.1 Å². The Morgan fingerprint density at radius 1 is 1.41 bits per heavy atom. The van der Waals surface area contributed by atoms with Gasteiger partial charge in [-0.2, -0.15) is 0 Å². The van der Waals surface area contributed by atoms with Crippen LogP contribution in [-0.2, 0) is 0 Å². The van der Waals surface area contributed by atoms with E-state index in [2.05, 4.69) is 16.2 Å². The Morgan fingerprint density at radius 2 is 2.24 bits per heavy atom. The first-order valence-electron chi connectivity index (χ1n) is 4.91. The quantitative estimate of drug-likeness (QED) is 0.784. The van der Waals surface area contributed by atoms with Gasteiger partial charge in [-0.1, -0.05) is 23.6 Å². The summed E-state index contributed by atoms with van der Waals surface area (Å²) in [5.41, 5.74) is 1.77. The predicted octanol–water partition coefficient (Wildman–Crippen LogP) is 2.90. The molecule has 3 nitrogen and oxygen atoms in total. The Bertz CT molecular complexity index is 595. The minimum Gasteiger partial charge on any atom is -0.356 e. The average molecular weight is 245 g/mol. The van der Waals surface area contributed by atoms with Crippen molar-refractivity contribution in [3.05, 3.63) is 52.8 Å². The zero-order chi connectivity index (χ0) is 12.3. The van der Waals surface area contributed by atoms with E-state index in [0.29, 0.717) is 22.0 Å². The van der Waals surface area contributed by atoms with Gasteiger partial charge >= 0.3 is 0 Å². The highest BCUT2D eigenvalue weighted by atomic mass is 35.5. The second kappa shape index (κ2) is 4.77. The maximum atomic E-state index is 11.8. The Labute approximate surface area is 104 Å². The number of H-pyrrole nitrogens is 1. The van der Waals surface area contributed by atoms with E-state index >= 15 is 0 Å². The predicted molar refractivity (Wildman–Crippen MR) is 68.1 cm³/mol. The van der Waals surface area contributed by atoms with Gasteiger partial charge in [-0.15, -0.1) is 6.42 Å². The molecule has 2 N–H and O–H groups in total. The number of hydrogen-bond acceptors (Lipinski definition) is 1. The number of aromatic nitrogens is 1. The minimum atomic E-state index is -0.258. The molecule has 0 saturated heterocycles. The maximum absolute atomic E-state index is 11.8. The number of carbonyl (C=O) groups is 1. The maximum Gasteiger partial charge on any atom is 0.272 e. The van der Waals surface area contributed by atoms with E-state index in [9.17, 15) is 4.79 Å². The van der Waals surface area contributed by atoms with Crippen LogP contribution in [0.2, 0.25) is 5.02 Å². The standard InChI is InChI=1S/C13H9ClN2O/c1-2-9-4-3-5-11(6-9)16-13(17)12-7-10(14)8-15-12/h1,3-8,15H,(H,16,17). The molecule has 0 bridgehead atoms.